The van der Waals surface area contributed by atoms with E-state index >= 15 is 0 Å². The summed E-state index contributed by atoms with van der Waals surface area (Å²) in [5.41, 5.74) is 3.92. The molecule has 0 saturated heterocycles. The Morgan fingerprint density at radius 1 is 0.923 bits per heavy atom. The Morgan fingerprint density at radius 3 is 2.58 bits per heavy atom. The molecule has 5 aromatic rings. The van der Waals surface area contributed by atoms with Crippen LogP contribution in [0.15, 0.2) is 55.2 Å². The number of benzene rings is 1. The third-order valence-corrected chi connectivity index (χ3v) is 4.50. The minimum atomic E-state index is 0.543. The van der Waals surface area contributed by atoms with Gasteiger partial charge in [0.2, 0.25) is 0 Å². The summed E-state index contributed by atoms with van der Waals surface area (Å²) < 4.78 is 1.89. The fraction of sp³-hybridized carbons (Fsp3) is 0. The third kappa shape index (κ3) is 2.42. The van der Waals surface area contributed by atoms with Crippen LogP contribution in [0.1, 0.15) is 0 Å². The van der Waals surface area contributed by atoms with Crippen LogP contribution in [-0.2, 0) is 0 Å². The van der Waals surface area contributed by atoms with Gasteiger partial charge in [0.1, 0.15) is 23.0 Å². The van der Waals surface area contributed by atoms with Crippen LogP contribution in [0.2, 0.25) is 10.0 Å². The largest absolute Gasteiger partial charge is 0.338 e. The van der Waals surface area contributed by atoms with Gasteiger partial charge in [-0.1, -0.05) is 23.2 Å². The number of nitrogens with zero attached hydrogens (tertiary/aromatic N) is 5. The minimum Gasteiger partial charge on any atom is -0.338 e. The van der Waals surface area contributed by atoms with E-state index in [1.54, 1.807) is 43.1 Å². The Hall–Kier alpha value is -2.96. The molecule has 6 nitrogen and oxygen atoms in total. The van der Waals surface area contributed by atoms with Crippen LogP contribution in [0.3, 0.4) is 0 Å². The van der Waals surface area contributed by atoms with E-state index in [9.17, 15) is 0 Å². The molecule has 1 aromatic carbocycles. The van der Waals surface area contributed by atoms with E-state index in [0.717, 1.165) is 33.3 Å². The van der Waals surface area contributed by atoms with Crippen molar-refractivity contribution in [2.24, 2.45) is 0 Å². The van der Waals surface area contributed by atoms with E-state index in [1.165, 1.54) is 0 Å². The Bertz CT molecular complexity index is 1280. The van der Waals surface area contributed by atoms with Gasteiger partial charge in [0.05, 0.1) is 5.52 Å². The second-order valence-electron chi connectivity index (χ2n) is 5.75. The monoisotopic (exact) mass is 380 g/mol. The molecule has 0 unspecified atom stereocenters. The predicted octanol–water partition coefficient (Wildman–Crippen LogP) is 4.88. The molecule has 0 radical (unpaired) electrons. The van der Waals surface area contributed by atoms with Gasteiger partial charge in [-0.15, -0.1) is 0 Å². The van der Waals surface area contributed by atoms with Gasteiger partial charge >= 0.3 is 0 Å². The van der Waals surface area contributed by atoms with Crippen molar-refractivity contribution in [3.8, 4) is 0 Å². The molecule has 0 aliphatic heterocycles. The quantitative estimate of drug-likeness (QED) is 0.472. The standard InChI is InChI=1S/C18H10Cl2N6/c19-10-5-11(20)7-12(6-10)23-18-17-16(13-8-21-3-1-14(13)24-18)25-15-2-4-22-9-26(15)17/h1-9H,(H,23,24). The topological polar surface area (TPSA) is 68.0 Å². The molecular weight excluding hydrogens is 371 g/mol. The first-order chi connectivity index (χ1) is 12.7. The summed E-state index contributed by atoms with van der Waals surface area (Å²) in [5, 5.41) is 5.27. The molecule has 5 rings (SSSR count). The number of imidazole rings is 1. The molecule has 0 aliphatic rings. The Labute approximate surface area is 157 Å². The smallest absolute Gasteiger partial charge is 0.157 e. The number of hydrogen-bond donors (Lipinski definition) is 1. The maximum atomic E-state index is 6.12. The van der Waals surface area contributed by atoms with Crippen molar-refractivity contribution in [3.05, 3.63) is 65.3 Å². The van der Waals surface area contributed by atoms with Gasteiger partial charge in [-0.25, -0.2) is 15.0 Å². The molecule has 0 aliphatic carbocycles. The van der Waals surface area contributed by atoms with Crippen molar-refractivity contribution in [2.75, 3.05) is 5.32 Å². The SMILES string of the molecule is Clc1cc(Cl)cc(Nc2nc3ccncc3c3nc4ccncn4c23)c1. The first-order valence-corrected chi connectivity index (χ1v) is 8.53. The van der Waals surface area contributed by atoms with Crippen LogP contribution in [0, 0.1) is 0 Å². The maximum Gasteiger partial charge on any atom is 0.157 e. The molecule has 1 N–H and O–H groups in total. The highest BCUT2D eigenvalue weighted by atomic mass is 35.5. The summed E-state index contributed by atoms with van der Waals surface area (Å²) in [5.74, 6) is 0.637. The van der Waals surface area contributed by atoms with E-state index < -0.39 is 0 Å². The van der Waals surface area contributed by atoms with E-state index in [2.05, 4.69) is 15.3 Å². The molecule has 8 heteroatoms. The van der Waals surface area contributed by atoms with E-state index in [0.29, 0.717) is 15.9 Å². The first-order valence-electron chi connectivity index (χ1n) is 7.78. The Kier molecular flexibility index (Phi) is 3.41. The van der Waals surface area contributed by atoms with Crippen molar-refractivity contribution in [2.45, 2.75) is 0 Å². The van der Waals surface area contributed by atoms with Gasteiger partial charge in [0, 0.05) is 39.7 Å². The zero-order valence-corrected chi connectivity index (χ0v) is 14.7. The number of anilines is 2. The number of hydrogen-bond acceptors (Lipinski definition) is 5. The molecule has 0 amide bonds. The second kappa shape index (κ2) is 5.79. The summed E-state index contributed by atoms with van der Waals surface area (Å²) in [6.45, 7) is 0. The lowest BCUT2D eigenvalue weighted by atomic mass is 10.2. The van der Waals surface area contributed by atoms with Gasteiger partial charge in [-0.2, -0.15) is 0 Å². The van der Waals surface area contributed by atoms with Gasteiger partial charge in [-0.3, -0.25) is 9.38 Å². The average molecular weight is 381 g/mol. The van der Waals surface area contributed by atoms with Crippen LogP contribution < -0.4 is 5.32 Å². The van der Waals surface area contributed by atoms with Gasteiger partial charge in [0.25, 0.3) is 0 Å². The lowest BCUT2D eigenvalue weighted by Gasteiger charge is -2.10. The van der Waals surface area contributed by atoms with Crippen LogP contribution in [0.4, 0.5) is 11.5 Å². The number of fused-ring (bicyclic) bond motifs is 5. The lowest BCUT2D eigenvalue weighted by Crippen LogP contribution is -1.98. The molecule has 0 bridgehead atoms. The summed E-state index contributed by atoms with van der Waals surface area (Å²) in [6, 6.07) is 8.97. The van der Waals surface area contributed by atoms with Gasteiger partial charge in [0.15, 0.2) is 5.82 Å². The molecule has 126 valence electrons. The molecule has 4 aromatic heterocycles. The predicted molar refractivity (Wildman–Crippen MR) is 103 cm³/mol. The fourth-order valence-electron chi connectivity index (χ4n) is 3.00. The lowest BCUT2D eigenvalue weighted by molar-refractivity contribution is 1.11. The van der Waals surface area contributed by atoms with Crippen LogP contribution in [0.5, 0.6) is 0 Å². The fourth-order valence-corrected chi connectivity index (χ4v) is 3.53. The van der Waals surface area contributed by atoms with Crippen LogP contribution >= 0.6 is 23.2 Å². The van der Waals surface area contributed by atoms with E-state index in [-0.39, 0.29) is 0 Å². The highest BCUT2D eigenvalue weighted by Gasteiger charge is 2.15. The number of rotatable bonds is 2. The van der Waals surface area contributed by atoms with E-state index in [1.807, 2.05) is 16.5 Å². The minimum absolute atomic E-state index is 0.543. The molecule has 0 atom stereocenters. The van der Waals surface area contributed by atoms with Gasteiger partial charge in [-0.05, 0) is 30.3 Å². The highest BCUT2D eigenvalue weighted by Crippen LogP contribution is 2.32. The van der Waals surface area contributed by atoms with Crippen molar-refractivity contribution in [1.29, 1.82) is 0 Å². The average Bonchev–Trinajstić information content (AvgIpc) is 3.01. The molecule has 0 saturated carbocycles. The number of aromatic nitrogens is 5. The maximum absolute atomic E-state index is 6.12. The molecule has 0 fully saturated rings. The number of nitrogens with one attached hydrogen (secondary N) is 1. The second-order valence-corrected chi connectivity index (χ2v) is 6.63. The zero-order chi connectivity index (χ0) is 17.7. The van der Waals surface area contributed by atoms with Crippen molar-refractivity contribution in [3.63, 3.8) is 0 Å². The molecule has 4 heterocycles. The summed E-state index contributed by atoms with van der Waals surface area (Å²) >= 11 is 12.2. The Balaban J connectivity index is 1.84. The molecular formula is C18H10Cl2N6. The summed E-state index contributed by atoms with van der Waals surface area (Å²) in [7, 11) is 0. The van der Waals surface area contributed by atoms with Gasteiger partial charge < -0.3 is 5.32 Å². The Morgan fingerprint density at radius 2 is 1.73 bits per heavy atom. The van der Waals surface area contributed by atoms with Crippen molar-refractivity contribution < 1.29 is 0 Å². The van der Waals surface area contributed by atoms with E-state index in [4.69, 9.17) is 33.2 Å². The van der Waals surface area contributed by atoms with Crippen LogP contribution in [-0.4, -0.2) is 24.3 Å². The number of pyridine rings is 2. The number of halogens is 2. The zero-order valence-electron chi connectivity index (χ0n) is 13.2. The first kappa shape index (κ1) is 15.3. The summed E-state index contributed by atoms with van der Waals surface area (Å²) in [4.78, 5) is 17.9. The highest BCUT2D eigenvalue weighted by molar-refractivity contribution is 6.35. The summed E-state index contributed by atoms with van der Waals surface area (Å²) in [6.07, 6.45) is 6.90. The van der Waals surface area contributed by atoms with Crippen molar-refractivity contribution in [1.82, 2.24) is 24.3 Å². The van der Waals surface area contributed by atoms with Crippen molar-refractivity contribution >= 4 is 62.3 Å². The normalized spacial score (nSPS) is 11.5. The molecule has 26 heavy (non-hydrogen) atoms. The molecule has 0 spiro atoms. The van der Waals surface area contributed by atoms with Crippen LogP contribution in [0.25, 0.3) is 27.6 Å². The third-order valence-electron chi connectivity index (χ3n) is 4.07.